The van der Waals surface area contributed by atoms with Crippen molar-refractivity contribution in [2.75, 3.05) is 31.1 Å². The number of nitrogens with zero attached hydrogens (tertiary/aromatic N) is 5. The van der Waals surface area contributed by atoms with Crippen LogP contribution in [0.5, 0.6) is 0 Å². The fourth-order valence-electron chi connectivity index (χ4n) is 3.81. The number of aromatic nitrogens is 2. The van der Waals surface area contributed by atoms with Crippen LogP contribution < -0.4 is 4.90 Å². The summed E-state index contributed by atoms with van der Waals surface area (Å²) in [5, 5.41) is 9.11. The molecule has 0 N–H and O–H groups in total. The molecule has 1 aromatic heterocycles. The third-order valence-electron chi connectivity index (χ3n) is 5.18. The summed E-state index contributed by atoms with van der Waals surface area (Å²) >= 11 is 0. The SMILES string of the molecule is Cc1nc(C#N)cc(N2CCC3(CCN(C(=O)OC(C)(C)C)C3)CC2)n1. The first kappa shape index (κ1) is 18.4. The Hall–Kier alpha value is -2.36. The molecule has 0 radical (unpaired) electrons. The second-order valence-corrected chi connectivity index (χ2v) is 8.41. The van der Waals surface area contributed by atoms with Crippen molar-refractivity contribution in [1.29, 1.82) is 5.26 Å². The van der Waals surface area contributed by atoms with Crippen molar-refractivity contribution in [3.8, 4) is 6.07 Å². The molecule has 2 aliphatic rings. The van der Waals surface area contributed by atoms with Crippen LogP contribution in [0.3, 0.4) is 0 Å². The van der Waals surface area contributed by atoms with Gasteiger partial charge in [-0.05, 0) is 52.4 Å². The highest BCUT2D eigenvalue weighted by Crippen LogP contribution is 2.41. The number of amides is 1. The monoisotopic (exact) mass is 357 g/mol. The maximum Gasteiger partial charge on any atom is 0.410 e. The van der Waals surface area contributed by atoms with Gasteiger partial charge in [0.1, 0.15) is 29.0 Å². The van der Waals surface area contributed by atoms with Crippen LogP contribution in [0.1, 0.15) is 51.6 Å². The maximum absolute atomic E-state index is 12.3. The number of hydrogen-bond acceptors (Lipinski definition) is 6. The molecule has 26 heavy (non-hydrogen) atoms. The van der Waals surface area contributed by atoms with E-state index >= 15 is 0 Å². The number of carbonyl (C=O) groups is 1. The molecular formula is C19H27N5O2. The van der Waals surface area contributed by atoms with E-state index in [0.29, 0.717) is 11.5 Å². The van der Waals surface area contributed by atoms with Crippen molar-refractivity contribution < 1.29 is 9.53 Å². The van der Waals surface area contributed by atoms with Gasteiger partial charge in [-0.3, -0.25) is 0 Å². The van der Waals surface area contributed by atoms with Crippen molar-refractivity contribution in [1.82, 2.24) is 14.9 Å². The molecule has 2 aliphatic heterocycles. The Kier molecular flexibility index (Phi) is 4.78. The van der Waals surface area contributed by atoms with Crippen LogP contribution in [-0.4, -0.2) is 52.7 Å². The van der Waals surface area contributed by atoms with E-state index in [-0.39, 0.29) is 11.5 Å². The average Bonchev–Trinajstić information content (AvgIpc) is 2.97. The fourth-order valence-corrected chi connectivity index (χ4v) is 3.81. The highest BCUT2D eigenvalue weighted by Gasteiger charge is 2.43. The minimum atomic E-state index is -0.459. The summed E-state index contributed by atoms with van der Waals surface area (Å²) in [5.41, 5.74) is 0.123. The molecule has 1 aromatic rings. The molecule has 3 heterocycles. The molecule has 2 saturated heterocycles. The van der Waals surface area contributed by atoms with Gasteiger partial charge in [-0.15, -0.1) is 0 Å². The van der Waals surface area contributed by atoms with Crippen LogP contribution in [0.2, 0.25) is 0 Å². The Morgan fingerprint density at radius 1 is 1.23 bits per heavy atom. The van der Waals surface area contributed by atoms with Gasteiger partial charge in [-0.1, -0.05) is 0 Å². The van der Waals surface area contributed by atoms with Gasteiger partial charge >= 0.3 is 6.09 Å². The molecule has 7 heteroatoms. The van der Waals surface area contributed by atoms with Gasteiger partial charge in [0.2, 0.25) is 0 Å². The van der Waals surface area contributed by atoms with Crippen molar-refractivity contribution in [2.24, 2.45) is 5.41 Å². The Morgan fingerprint density at radius 2 is 1.88 bits per heavy atom. The Morgan fingerprint density at radius 3 is 2.50 bits per heavy atom. The Balaban J connectivity index is 1.61. The molecule has 2 fully saturated rings. The quantitative estimate of drug-likeness (QED) is 0.768. The fraction of sp³-hybridized carbons (Fsp3) is 0.684. The van der Waals surface area contributed by atoms with Crippen molar-refractivity contribution >= 4 is 11.9 Å². The average molecular weight is 357 g/mol. The van der Waals surface area contributed by atoms with Gasteiger partial charge < -0.3 is 14.5 Å². The summed E-state index contributed by atoms with van der Waals surface area (Å²) in [6, 6.07) is 3.85. The van der Waals surface area contributed by atoms with Gasteiger partial charge in [0.05, 0.1) is 0 Å². The Bertz CT molecular complexity index is 726. The standard InChI is InChI=1S/C19H27N5O2/c1-14-21-15(12-20)11-16(22-14)23-8-5-19(6-9-23)7-10-24(13-19)17(25)26-18(2,3)4/h11H,5-10,13H2,1-4H3. The minimum Gasteiger partial charge on any atom is -0.444 e. The van der Waals surface area contributed by atoms with Gasteiger partial charge in [-0.25, -0.2) is 14.8 Å². The number of likely N-dealkylation sites (tertiary alicyclic amines) is 1. The van der Waals surface area contributed by atoms with Crippen LogP contribution in [0.15, 0.2) is 6.07 Å². The lowest BCUT2D eigenvalue weighted by Crippen LogP contribution is -2.43. The first-order valence-electron chi connectivity index (χ1n) is 9.18. The molecule has 0 unspecified atom stereocenters. The van der Waals surface area contributed by atoms with E-state index < -0.39 is 5.60 Å². The third-order valence-corrected chi connectivity index (χ3v) is 5.18. The number of piperidine rings is 1. The number of rotatable bonds is 1. The van der Waals surface area contributed by atoms with Gasteiger partial charge in [0.15, 0.2) is 0 Å². The van der Waals surface area contributed by atoms with Gasteiger partial charge in [0.25, 0.3) is 0 Å². The highest BCUT2D eigenvalue weighted by molar-refractivity contribution is 5.68. The second kappa shape index (κ2) is 6.75. The van der Waals surface area contributed by atoms with E-state index in [1.165, 1.54) is 0 Å². The molecule has 0 aliphatic carbocycles. The Labute approximate surface area is 155 Å². The minimum absolute atomic E-state index is 0.174. The summed E-state index contributed by atoms with van der Waals surface area (Å²) in [7, 11) is 0. The molecule has 1 amide bonds. The lowest BCUT2D eigenvalue weighted by molar-refractivity contribution is 0.0266. The predicted molar refractivity (Wildman–Crippen MR) is 97.8 cm³/mol. The maximum atomic E-state index is 12.3. The smallest absolute Gasteiger partial charge is 0.410 e. The number of hydrogen-bond donors (Lipinski definition) is 0. The number of anilines is 1. The molecule has 0 aromatic carbocycles. The zero-order chi connectivity index (χ0) is 18.9. The molecule has 0 atom stereocenters. The molecule has 0 bridgehead atoms. The van der Waals surface area contributed by atoms with Crippen molar-refractivity contribution in [2.45, 2.75) is 52.6 Å². The first-order chi connectivity index (χ1) is 12.2. The van der Waals surface area contributed by atoms with Crippen LogP contribution in [0, 0.1) is 23.7 Å². The predicted octanol–water partition coefficient (Wildman–Crippen LogP) is 2.88. The largest absolute Gasteiger partial charge is 0.444 e. The molecule has 140 valence electrons. The van der Waals surface area contributed by atoms with Crippen molar-refractivity contribution in [3.63, 3.8) is 0 Å². The van der Waals surface area contributed by atoms with E-state index in [1.54, 1.807) is 6.07 Å². The number of nitriles is 1. The van der Waals surface area contributed by atoms with E-state index in [2.05, 4.69) is 20.9 Å². The van der Waals surface area contributed by atoms with Gasteiger partial charge in [0, 0.05) is 32.2 Å². The molecule has 1 spiro atoms. The molecular weight excluding hydrogens is 330 g/mol. The van der Waals surface area contributed by atoms with E-state index in [9.17, 15) is 4.79 Å². The van der Waals surface area contributed by atoms with Crippen LogP contribution in [-0.2, 0) is 4.74 Å². The normalized spacial score (nSPS) is 19.5. The zero-order valence-corrected chi connectivity index (χ0v) is 16.1. The number of carbonyl (C=O) groups excluding carboxylic acids is 1. The van der Waals surface area contributed by atoms with Crippen LogP contribution in [0.4, 0.5) is 10.6 Å². The molecule has 0 saturated carbocycles. The van der Waals surface area contributed by atoms with Crippen LogP contribution in [0.25, 0.3) is 0 Å². The number of aryl methyl sites for hydroxylation is 1. The third kappa shape index (κ3) is 4.06. The lowest BCUT2D eigenvalue weighted by atomic mass is 9.78. The van der Waals surface area contributed by atoms with Crippen LogP contribution >= 0.6 is 0 Å². The van der Waals surface area contributed by atoms with E-state index in [4.69, 9.17) is 10.00 Å². The zero-order valence-electron chi connectivity index (χ0n) is 16.1. The van der Waals surface area contributed by atoms with E-state index in [1.807, 2.05) is 32.6 Å². The lowest BCUT2D eigenvalue weighted by Gasteiger charge is -2.39. The van der Waals surface area contributed by atoms with Crippen molar-refractivity contribution in [3.05, 3.63) is 17.6 Å². The second-order valence-electron chi connectivity index (χ2n) is 8.41. The van der Waals surface area contributed by atoms with E-state index in [0.717, 1.165) is 51.3 Å². The topological polar surface area (TPSA) is 82.4 Å². The highest BCUT2D eigenvalue weighted by atomic mass is 16.6. The number of ether oxygens (including phenoxy) is 1. The summed E-state index contributed by atoms with van der Waals surface area (Å²) < 4.78 is 5.51. The molecule has 3 rings (SSSR count). The summed E-state index contributed by atoms with van der Waals surface area (Å²) in [6.45, 7) is 10.8. The molecule has 7 nitrogen and oxygen atoms in total. The van der Waals surface area contributed by atoms with Gasteiger partial charge in [-0.2, -0.15) is 5.26 Å². The first-order valence-corrected chi connectivity index (χ1v) is 9.18. The summed E-state index contributed by atoms with van der Waals surface area (Å²) in [5.74, 6) is 1.45. The summed E-state index contributed by atoms with van der Waals surface area (Å²) in [6.07, 6.45) is 2.84. The summed E-state index contributed by atoms with van der Waals surface area (Å²) in [4.78, 5) is 25.0.